The van der Waals surface area contributed by atoms with Crippen LogP contribution in [0.15, 0.2) is 48.5 Å². The fourth-order valence-corrected chi connectivity index (χ4v) is 2.18. The molecule has 3 heteroatoms. The van der Waals surface area contributed by atoms with Crippen LogP contribution in [-0.4, -0.2) is 11.9 Å². The van der Waals surface area contributed by atoms with Crippen LogP contribution in [-0.2, 0) is 0 Å². The molecule has 0 aromatic heterocycles. The average Bonchev–Trinajstić information content (AvgIpc) is 3.23. The van der Waals surface area contributed by atoms with Crippen LogP contribution in [0.2, 0.25) is 0 Å². The number of anilines is 1. The molecule has 0 unspecified atom stereocenters. The Morgan fingerprint density at radius 2 is 1.79 bits per heavy atom. The van der Waals surface area contributed by atoms with Crippen molar-refractivity contribution in [1.29, 1.82) is 0 Å². The lowest BCUT2D eigenvalue weighted by atomic mass is 9.97. The molecule has 2 aromatic rings. The first kappa shape index (κ1) is 11.8. The molecule has 1 fully saturated rings. The van der Waals surface area contributed by atoms with E-state index in [1.54, 1.807) is 0 Å². The van der Waals surface area contributed by atoms with Crippen molar-refractivity contribution in [1.82, 2.24) is 5.32 Å². The van der Waals surface area contributed by atoms with E-state index in [1.807, 2.05) is 48.5 Å². The molecule has 19 heavy (non-hydrogen) atoms. The summed E-state index contributed by atoms with van der Waals surface area (Å²) >= 11 is 0. The largest absolute Gasteiger partial charge is 0.398 e. The van der Waals surface area contributed by atoms with E-state index in [9.17, 15) is 4.79 Å². The molecule has 1 aliphatic carbocycles. The van der Waals surface area contributed by atoms with Gasteiger partial charge in [0.1, 0.15) is 0 Å². The first-order chi connectivity index (χ1) is 9.25. The number of hydrogen-bond acceptors (Lipinski definition) is 2. The Kier molecular flexibility index (Phi) is 2.95. The van der Waals surface area contributed by atoms with Gasteiger partial charge in [-0.2, -0.15) is 0 Å². The quantitative estimate of drug-likeness (QED) is 0.825. The van der Waals surface area contributed by atoms with Crippen LogP contribution in [0.4, 0.5) is 5.69 Å². The maximum absolute atomic E-state index is 12.3. The second-order valence-corrected chi connectivity index (χ2v) is 4.88. The molecule has 3 rings (SSSR count). The van der Waals surface area contributed by atoms with Crippen LogP contribution >= 0.6 is 0 Å². The molecule has 1 amide bonds. The summed E-state index contributed by atoms with van der Waals surface area (Å²) in [6.45, 7) is 0. The molecule has 0 spiro atoms. The highest BCUT2D eigenvalue weighted by Crippen LogP contribution is 2.30. The molecular weight excluding hydrogens is 236 g/mol. The predicted octanol–water partition coefficient (Wildman–Crippen LogP) is 2.83. The fraction of sp³-hybridized carbons (Fsp3) is 0.188. The normalized spacial score (nSPS) is 14.1. The number of rotatable bonds is 3. The average molecular weight is 252 g/mol. The van der Waals surface area contributed by atoms with Crippen molar-refractivity contribution < 1.29 is 4.79 Å². The van der Waals surface area contributed by atoms with E-state index in [1.165, 1.54) is 0 Å². The van der Waals surface area contributed by atoms with Gasteiger partial charge in [0.2, 0.25) is 0 Å². The standard InChI is InChI=1S/C16H16N2O/c17-14-8-4-7-13(16(19)18-12-9-10-12)15(14)11-5-2-1-3-6-11/h1-8,12H,9-10,17H2,(H,18,19). The topological polar surface area (TPSA) is 55.1 Å². The molecule has 3 nitrogen and oxygen atoms in total. The molecule has 0 atom stereocenters. The van der Waals surface area contributed by atoms with Gasteiger partial charge in [-0.3, -0.25) is 4.79 Å². The minimum Gasteiger partial charge on any atom is -0.398 e. The zero-order valence-electron chi connectivity index (χ0n) is 10.6. The fourth-order valence-electron chi connectivity index (χ4n) is 2.18. The third-order valence-electron chi connectivity index (χ3n) is 3.32. The molecule has 1 saturated carbocycles. The highest BCUT2D eigenvalue weighted by Gasteiger charge is 2.25. The monoisotopic (exact) mass is 252 g/mol. The van der Waals surface area contributed by atoms with Gasteiger partial charge in [-0.05, 0) is 30.5 Å². The van der Waals surface area contributed by atoms with Crippen molar-refractivity contribution in [3.8, 4) is 11.1 Å². The van der Waals surface area contributed by atoms with Gasteiger partial charge in [0.25, 0.3) is 5.91 Å². The molecule has 0 bridgehead atoms. The van der Waals surface area contributed by atoms with Gasteiger partial charge in [-0.15, -0.1) is 0 Å². The highest BCUT2D eigenvalue weighted by molar-refractivity contribution is 6.03. The molecule has 3 N–H and O–H groups in total. The number of carbonyl (C=O) groups excluding carboxylic acids is 1. The first-order valence-electron chi connectivity index (χ1n) is 6.50. The van der Waals surface area contributed by atoms with Crippen LogP contribution in [0.5, 0.6) is 0 Å². The molecule has 0 radical (unpaired) electrons. The van der Waals surface area contributed by atoms with E-state index in [0.717, 1.165) is 24.0 Å². The zero-order chi connectivity index (χ0) is 13.2. The summed E-state index contributed by atoms with van der Waals surface area (Å²) in [7, 11) is 0. The summed E-state index contributed by atoms with van der Waals surface area (Å²) in [6.07, 6.45) is 2.16. The van der Waals surface area contributed by atoms with Gasteiger partial charge in [-0.25, -0.2) is 0 Å². The lowest BCUT2D eigenvalue weighted by molar-refractivity contribution is 0.0952. The van der Waals surface area contributed by atoms with Crippen LogP contribution in [0.1, 0.15) is 23.2 Å². The molecule has 2 aromatic carbocycles. The van der Waals surface area contributed by atoms with E-state index >= 15 is 0 Å². The zero-order valence-corrected chi connectivity index (χ0v) is 10.6. The van der Waals surface area contributed by atoms with Crippen molar-refractivity contribution in [2.75, 3.05) is 5.73 Å². The smallest absolute Gasteiger partial charge is 0.252 e. The Labute approximate surface area is 112 Å². The van der Waals surface area contributed by atoms with Crippen LogP contribution in [0, 0.1) is 0 Å². The van der Waals surface area contributed by atoms with Crippen LogP contribution in [0.3, 0.4) is 0 Å². The lowest BCUT2D eigenvalue weighted by Gasteiger charge is -2.12. The van der Waals surface area contributed by atoms with Gasteiger partial charge >= 0.3 is 0 Å². The van der Waals surface area contributed by atoms with Crippen molar-refractivity contribution in [2.24, 2.45) is 0 Å². The number of hydrogen-bond donors (Lipinski definition) is 2. The Hall–Kier alpha value is -2.29. The number of amides is 1. The van der Waals surface area contributed by atoms with E-state index < -0.39 is 0 Å². The SMILES string of the molecule is Nc1cccc(C(=O)NC2CC2)c1-c1ccccc1. The molecule has 96 valence electrons. The van der Waals surface area contributed by atoms with Gasteiger partial charge in [0.15, 0.2) is 0 Å². The number of nitrogens with two attached hydrogens (primary N) is 1. The van der Waals surface area contributed by atoms with Crippen LogP contribution in [0.25, 0.3) is 11.1 Å². The summed E-state index contributed by atoms with van der Waals surface area (Å²) in [5.41, 5.74) is 9.14. The Bertz CT molecular complexity index is 603. The Balaban J connectivity index is 2.04. The Morgan fingerprint density at radius 3 is 2.47 bits per heavy atom. The molecule has 0 aliphatic heterocycles. The van der Waals surface area contributed by atoms with E-state index in [4.69, 9.17) is 5.73 Å². The lowest BCUT2D eigenvalue weighted by Crippen LogP contribution is -2.26. The van der Waals surface area contributed by atoms with Crippen molar-refractivity contribution in [2.45, 2.75) is 18.9 Å². The number of carbonyl (C=O) groups is 1. The van der Waals surface area contributed by atoms with Gasteiger partial charge in [-0.1, -0.05) is 36.4 Å². The van der Waals surface area contributed by atoms with Crippen LogP contribution < -0.4 is 11.1 Å². The van der Waals surface area contributed by atoms with Crippen molar-refractivity contribution >= 4 is 11.6 Å². The van der Waals surface area contributed by atoms with Gasteiger partial charge < -0.3 is 11.1 Å². The Morgan fingerprint density at radius 1 is 1.05 bits per heavy atom. The maximum Gasteiger partial charge on any atom is 0.252 e. The van der Waals surface area contributed by atoms with E-state index in [2.05, 4.69) is 5.32 Å². The summed E-state index contributed by atoms with van der Waals surface area (Å²) < 4.78 is 0. The van der Waals surface area contributed by atoms with E-state index in [-0.39, 0.29) is 5.91 Å². The summed E-state index contributed by atoms with van der Waals surface area (Å²) in [4.78, 5) is 12.3. The minimum absolute atomic E-state index is 0.0337. The second kappa shape index (κ2) is 4.76. The van der Waals surface area contributed by atoms with Gasteiger partial charge in [0.05, 0.1) is 0 Å². The highest BCUT2D eigenvalue weighted by atomic mass is 16.1. The molecular formula is C16H16N2O. The third kappa shape index (κ3) is 2.45. The van der Waals surface area contributed by atoms with E-state index in [0.29, 0.717) is 17.3 Å². The van der Waals surface area contributed by atoms with Crippen molar-refractivity contribution in [3.63, 3.8) is 0 Å². The van der Waals surface area contributed by atoms with Gasteiger partial charge in [0, 0.05) is 22.9 Å². The predicted molar refractivity (Wildman–Crippen MR) is 76.8 cm³/mol. The first-order valence-corrected chi connectivity index (χ1v) is 6.50. The molecule has 0 heterocycles. The number of nitrogens with one attached hydrogen (secondary N) is 1. The summed E-state index contributed by atoms with van der Waals surface area (Å²) in [6, 6.07) is 15.6. The third-order valence-corrected chi connectivity index (χ3v) is 3.32. The second-order valence-electron chi connectivity index (χ2n) is 4.88. The number of benzene rings is 2. The molecule has 1 aliphatic rings. The summed E-state index contributed by atoms with van der Waals surface area (Å²) in [5.74, 6) is -0.0337. The maximum atomic E-state index is 12.3. The number of nitrogen functional groups attached to an aromatic ring is 1. The minimum atomic E-state index is -0.0337. The summed E-state index contributed by atoms with van der Waals surface area (Å²) in [5, 5.41) is 3.01. The van der Waals surface area contributed by atoms with Crippen molar-refractivity contribution in [3.05, 3.63) is 54.1 Å². The molecule has 0 saturated heterocycles.